The molecule has 222 valence electrons. The zero-order valence-corrected chi connectivity index (χ0v) is 24.0. The van der Waals surface area contributed by atoms with Crippen molar-refractivity contribution in [3.63, 3.8) is 0 Å². The zero-order valence-electron chi connectivity index (χ0n) is 24.0. The van der Waals surface area contributed by atoms with Gasteiger partial charge in [-0.25, -0.2) is 0 Å². The van der Waals surface area contributed by atoms with Crippen LogP contribution in [-0.2, 0) is 9.53 Å². The van der Waals surface area contributed by atoms with Crippen LogP contribution < -0.4 is 9.64 Å². The van der Waals surface area contributed by atoms with Crippen molar-refractivity contribution < 1.29 is 37.3 Å². The summed E-state index contributed by atoms with van der Waals surface area (Å²) in [6, 6.07) is 4.94. The molecule has 0 bridgehead atoms. The topological polar surface area (TPSA) is 82.6 Å². The molecule has 0 aliphatic carbocycles. The third-order valence-corrected chi connectivity index (χ3v) is 7.05. The van der Waals surface area contributed by atoms with E-state index in [1.165, 1.54) is 11.9 Å². The van der Waals surface area contributed by atoms with Crippen LogP contribution in [0.4, 0.5) is 18.9 Å². The van der Waals surface area contributed by atoms with Crippen LogP contribution in [0.2, 0.25) is 0 Å². The second-order valence-corrected chi connectivity index (χ2v) is 10.8. The first kappa shape index (κ1) is 32.7. The number of aliphatic hydroxyl groups is 1. The molecule has 1 N–H and O–H groups in total. The molecular weight excluding hydrogens is 515 g/mol. The number of anilines is 1. The second-order valence-electron chi connectivity index (χ2n) is 10.8. The van der Waals surface area contributed by atoms with E-state index in [-0.39, 0.29) is 37.6 Å². The Morgan fingerprint density at radius 2 is 1.90 bits per heavy atom. The van der Waals surface area contributed by atoms with Gasteiger partial charge >= 0.3 is 6.18 Å². The van der Waals surface area contributed by atoms with Gasteiger partial charge in [0.25, 0.3) is 5.91 Å². The van der Waals surface area contributed by atoms with E-state index in [1.54, 1.807) is 24.0 Å². The Bertz CT molecular complexity index is 944. The molecule has 0 fully saturated rings. The quantitative estimate of drug-likeness (QED) is 0.535. The van der Waals surface area contributed by atoms with Crippen molar-refractivity contribution in [3.05, 3.63) is 23.8 Å². The number of carbonyl (C=O) groups excluding carboxylic acids is 2. The van der Waals surface area contributed by atoms with E-state index in [0.29, 0.717) is 17.9 Å². The first-order chi connectivity index (χ1) is 18.2. The van der Waals surface area contributed by atoms with Crippen LogP contribution in [0, 0.1) is 5.92 Å². The van der Waals surface area contributed by atoms with Crippen LogP contribution in [0.1, 0.15) is 63.2 Å². The number of alkyl halides is 3. The summed E-state index contributed by atoms with van der Waals surface area (Å²) in [6.45, 7) is 6.00. The molecule has 2 amide bonds. The molecule has 0 saturated heterocycles. The number of ether oxygens (including phenoxy) is 2. The second kappa shape index (κ2) is 14.7. The number of nitrogens with zero attached hydrogens (tertiary/aromatic N) is 3. The van der Waals surface area contributed by atoms with Crippen LogP contribution in [0.25, 0.3) is 0 Å². The lowest BCUT2D eigenvalue weighted by atomic mass is 10.0. The minimum absolute atomic E-state index is 0.0915. The highest BCUT2D eigenvalue weighted by Crippen LogP contribution is 2.29. The van der Waals surface area contributed by atoms with Crippen LogP contribution in [0.5, 0.6) is 5.75 Å². The number of aliphatic hydroxyl groups excluding tert-OH is 1. The van der Waals surface area contributed by atoms with E-state index in [0.717, 1.165) is 24.9 Å². The standard InChI is InChI=1S/C28H44F3N3O5/c1-19-16-34(20(2)18-35)27(37)23-15-22(32(4)5)10-11-24(23)39-21(3)9-7-8-14-38-25(19)17-33(6)26(36)12-13-28(29,30)31/h10-11,15,19-21,25,35H,7-9,12-14,16-18H2,1-6H3/t19-,20+,21+,25+/m0/s1. The normalized spacial score (nSPS) is 22.4. The SMILES string of the molecule is C[C@@H]1CCCCO[C@H](CN(C)C(=O)CCC(F)(F)F)[C@@H](C)CN([C@H](C)CO)C(=O)c2cc(N(C)C)ccc2O1. The minimum atomic E-state index is -4.41. The molecule has 1 heterocycles. The molecule has 1 aromatic rings. The average Bonchev–Trinajstić information content (AvgIpc) is 2.87. The van der Waals surface area contributed by atoms with Gasteiger partial charge in [-0.15, -0.1) is 0 Å². The largest absolute Gasteiger partial charge is 0.490 e. The van der Waals surface area contributed by atoms with Gasteiger partial charge in [-0.05, 0) is 51.3 Å². The van der Waals surface area contributed by atoms with Crippen LogP contribution in [-0.4, -0.2) is 98.6 Å². The molecule has 2 rings (SSSR count). The fraction of sp³-hybridized carbons (Fsp3) is 0.714. The smallest absolute Gasteiger partial charge is 0.389 e. The predicted molar refractivity (Wildman–Crippen MR) is 144 cm³/mol. The maximum absolute atomic E-state index is 14.0. The first-order valence-electron chi connectivity index (χ1n) is 13.6. The maximum atomic E-state index is 14.0. The first-order valence-corrected chi connectivity index (χ1v) is 13.6. The Balaban J connectivity index is 2.38. The number of rotatable bonds is 7. The van der Waals surface area contributed by atoms with E-state index in [9.17, 15) is 27.9 Å². The molecule has 0 aromatic heterocycles. The fourth-order valence-electron chi connectivity index (χ4n) is 4.46. The summed E-state index contributed by atoms with van der Waals surface area (Å²) in [7, 11) is 5.23. The Kier molecular flexibility index (Phi) is 12.4. The van der Waals surface area contributed by atoms with E-state index in [1.807, 2.05) is 38.9 Å². The van der Waals surface area contributed by atoms with Crippen molar-refractivity contribution >= 4 is 17.5 Å². The highest BCUT2D eigenvalue weighted by molar-refractivity contribution is 5.98. The van der Waals surface area contributed by atoms with Gasteiger partial charge in [-0.1, -0.05) is 6.92 Å². The van der Waals surface area contributed by atoms with E-state index in [2.05, 4.69) is 0 Å². The summed E-state index contributed by atoms with van der Waals surface area (Å²) >= 11 is 0. The summed E-state index contributed by atoms with van der Waals surface area (Å²) in [5, 5.41) is 9.99. The average molecular weight is 560 g/mol. The summed E-state index contributed by atoms with van der Waals surface area (Å²) in [5.41, 5.74) is 1.21. The molecule has 0 radical (unpaired) electrons. The van der Waals surface area contributed by atoms with Gasteiger partial charge in [0.1, 0.15) is 5.75 Å². The molecule has 0 saturated carbocycles. The third kappa shape index (κ3) is 10.2. The number of carbonyl (C=O) groups is 2. The molecule has 8 nitrogen and oxygen atoms in total. The van der Waals surface area contributed by atoms with Gasteiger partial charge < -0.3 is 29.3 Å². The summed E-state index contributed by atoms with van der Waals surface area (Å²) < 4.78 is 50.3. The van der Waals surface area contributed by atoms with Gasteiger partial charge in [0.15, 0.2) is 0 Å². The number of benzene rings is 1. The van der Waals surface area contributed by atoms with Gasteiger partial charge in [0, 0.05) is 58.9 Å². The van der Waals surface area contributed by atoms with E-state index < -0.39 is 37.1 Å². The zero-order chi connectivity index (χ0) is 29.3. The molecule has 0 unspecified atom stereocenters. The lowest BCUT2D eigenvalue weighted by Gasteiger charge is -2.36. The van der Waals surface area contributed by atoms with E-state index in [4.69, 9.17) is 9.47 Å². The Hall–Kier alpha value is -2.53. The van der Waals surface area contributed by atoms with Gasteiger partial charge in [0.2, 0.25) is 5.91 Å². The Morgan fingerprint density at radius 1 is 1.21 bits per heavy atom. The van der Waals surface area contributed by atoms with Crippen molar-refractivity contribution in [2.45, 2.75) is 77.3 Å². The van der Waals surface area contributed by atoms with Crippen LogP contribution >= 0.6 is 0 Å². The molecule has 1 aromatic carbocycles. The van der Waals surface area contributed by atoms with Crippen molar-refractivity contribution in [1.29, 1.82) is 0 Å². The molecular formula is C28H44F3N3O5. The summed E-state index contributed by atoms with van der Waals surface area (Å²) in [6.07, 6.45) is -4.59. The summed E-state index contributed by atoms with van der Waals surface area (Å²) in [4.78, 5) is 31.1. The highest BCUT2D eigenvalue weighted by Gasteiger charge is 2.32. The Morgan fingerprint density at radius 3 is 2.51 bits per heavy atom. The number of hydrogen-bond acceptors (Lipinski definition) is 6. The lowest BCUT2D eigenvalue weighted by molar-refractivity contribution is -0.149. The van der Waals surface area contributed by atoms with Crippen molar-refractivity contribution in [1.82, 2.24) is 9.80 Å². The van der Waals surface area contributed by atoms with Gasteiger partial charge in [-0.2, -0.15) is 13.2 Å². The number of likely N-dealkylation sites (N-methyl/N-ethyl adjacent to an activating group) is 1. The van der Waals surface area contributed by atoms with Crippen molar-refractivity contribution in [3.8, 4) is 5.75 Å². The molecule has 1 aliphatic rings. The number of hydrogen-bond donors (Lipinski definition) is 1. The number of amides is 2. The Labute approximate surface area is 230 Å². The highest BCUT2D eigenvalue weighted by atomic mass is 19.4. The molecule has 4 atom stereocenters. The molecule has 1 aliphatic heterocycles. The van der Waals surface area contributed by atoms with Crippen molar-refractivity contribution in [2.24, 2.45) is 5.92 Å². The van der Waals surface area contributed by atoms with Crippen LogP contribution in [0.15, 0.2) is 18.2 Å². The molecule has 39 heavy (non-hydrogen) atoms. The van der Waals surface area contributed by atoms with Gasteiger partial charge in [-0.3, -0.25) is 9.59 Å². The number of fused-ring (bicyclic) bond motifs is 1. The fourth-order valence-corrected chi connectivity index (χ4v) is 4.46. The number of halogens is 3. The third-order valence-electron chi connectivity index (χ3n) is 7.05. The lowest BCUT2D eigenvalue weighted by Crippen LogP contribution is -2.48. The monoisotopic (exact) mass is 559 g/mol. The molecule has 0 spiro atoms. The summed E-state index contributed by atoms with van der Waals surface area (Å²) in [5.74, 6) is -0.736. The van der Waals surface area contributed by atoms with Gasteiger partial charge in [0.05, 0.1) is 36.8 Å². The molecule has 11 heteroatoms. The van der Waals surface area contributed by atoms with E-state index >= 15 is 0 Å². The maximum Gasteiger partial charge on any atom is 0.389 e. The van der Waals surface area contributed by atoms with Crippen LogP contribution in [0.3, 0.4) is 0 Å². The predicted octanol–water partition coefficient (Wildman–Crippen LogP) is 4.35. The minimum Gasteiger partial charge on any atom is -0.490 e. The van der Waals surface area contributed by atoms with Crippen molar-refractivity contribution in [2.75, 3.05) is 52.3 Å².